The van der Waals surface area contributed by atoms with E-state index in [-0.39, 0.29) is 10.8 Å². The second-order valence-electron chi connectivity index (χ2n) is 3.89. The van der Waals surface area contributed by atoms with Crippen molar-refractivity contribution in [2.75, 3.05) is 7.11 Å². The lowest BCUT2D eigenvalue weighted by Gasteiger charge is -2.12. The highest BCUT2D eigenvalue weighted by Crippen LogP contribution is 2.27. The topological polar surface area (TPSA) is 103 Å². The Morgan fingerprint density at radius 2 is 2.00 bits per heavy atom. The van der Waals surface area contributed by atoms with Gasteiger partial charge in [0.1, 0.15) is 5.69 Å². The minimum Gasteiger partial charge on any atom is -0.364 e. The second-order valence-corrected chi connectivity index (χ2v) is 4.25. The fraction of sp³-hybridized carbons (Fsp3) is 0.231. The molecule has 1 aromatic carbocycles. The van der Waals surface area contributed by atoms with Crippen LogP contribution < -0.4 is 0 Å². The number of benzene rings is 1. The van der Waals surface area contributed by atoms with E-state index >= 15 is 0 Å². The quantitative estimate of drug-likeness (QED) is 0.867. The molecule has 1 aromatic heterocycles. The number of aromatic nitrogens is 2. The van der Waals surface area contributed by atoms with Crippen LogP contribution in [0.4, 0.5) is 0 Å². The number of nitriles is 2. The molecule has 0 radical (unpaired) electrons. The fourth-order valence-corrected chi connectivity index (χ4v) is 1.99. The van der Waals surface area contributed by atoms with Crippen molar-refractivity contribution >= 4 is 22.6 Å². The molecule has 0 aliphatic carbocycles. The maximum Gasteiger partial charge on any atom is 0.183 e. The average molecular weight is 289 g/mol. The van der Waals surface area contributed by atoms with Crippen molar-refractivity contribution in [2.24, 2.45) is 0 Å². The van der Waals surface area contributed by atoms with Crippen molar-refractivity contribution < 1.29 is 9.84 Å². The van der Waals surface area contributed by atoms with Crippen LogP contribution in [0.25, 0.3) is 11.0 Å². The van der Waals surface area contributed by atoms with Gasteiger partial charge < -0.3 is 9.84 Å². The SMILES string of the molecule is COC(O)c1cccc2nc(C(C#N)C#N)c(Cl)nc12. The van der Waals surface area contributed by atoms with Gasteiger partial charge in [-0.2, -0.15) is 10.5 Å². The second kappa shape index (κ2) is 5.81. The number of methoxy groups -OCH3 is 1. The zero-order valence-corrected chi connectivity index (χ0v) is 11.2. The summed E-state index contributed by atoms with van der Waals surface area (Å²) in [6.45, 7) is 0. The van der Waals surface area contributed by atoms with Crippen LogP contribution in [0.3, 0.4) is 0 Å². The Labute approximate surface area is 119 Å². The third kappa shape index (κ3) is 2.40. The Bertz CT molecular complexity index is 721. The van der Waals surface area contributed by atoms with Gasteiger partial charge in [0.2, 0.25) is 0 Å². The number of para-hydroxylation sites is 1. The number of aliphatic hydroxyl groups excluding tert-OH is 1. The number of ether oxygens (including phenoxy) is 1. The zero-order chi connectivity index (χ0) is 14.7. The van der Waals surface area contributed by atoms with E-state index in [2.05, 4.69) is 9.97 Å². The van der Waals surface area contributed by atoms with E-state index in [0.717, 1.165) is 0 Å². The van der Waals surface area contributed by atoms with Gasteiger partial charge in [0.15, 0.2) is 17.4 Å². The van der Waals surface area contributed by atoms with E-state index in [9.17, 15) is 5.11 Å². The molecule has 6 nitrogen and oxygen atoms in total. The van der Waals surface area contributed by atoms with Gasteiger partial charge in [0.05, 0.1) is 23.2 Å². The van der Waals surface area contributed by atoms with Crippen LogP contribution in [-0.2, 0) is 4.74 Å². The summed E-state index contributed by atoms with van der Waals surface area (Å²) in [5.41, 5.74) is 1.31. The monoisotopic (exact) mass is 288 g/mol. The Morgan fingerprint density at radius 3 is 2.60 bits per heavy atom. The predicted molar refractivity (Wildman–Crippen MR) is 70.5 cm³/mol. The summed E-state index contributed by atoms with van der Waals surface area (Å²) in [6, 6.07) is 8.55. The molecule has 0 aliphatic rings. The van der Waals surface area contributed by atoms with Crippen molar-refractivity contribution in [1.29, 1.82) is 10.5 Å². The molecule has 0 amide bonds. The molecule has 1 N–H and O–H groups in total. The summed E-state index contributed by atoms with van der Waals surface area (Å²) in [5.74, 6) is -1.09. The van der Waals surface area contributed by atoms with Gasteiger partial charge in [-0.05, 0) is 6.07 Å². The number of fused-ring (bicyclic) bond motifs is 1. The van der Waals surface area contributed by atoms with Crippen LogP contribution in [0.15, 0.2) is 18.2 Å². The molecule has 0 aliphatic heterocycles. The molecule has 20 heavy (non-hydrogen) atoms. The molecular formula is C13H9ClN4O2. The smallest absolute Gasteiger partial charge is 0.183 e. The zero-order valence-electron chi connectivity index (χ0n) is 10.4. The van der Waals surface area contributed by atoms with Crippen molar-refractivity contribution in [3.05, 3.63) is 34.6 Å². The van der Waals surface area contributed by atoms with E-state index in [1.54, 1.807) is 30.3 Å². The van der Waals surface area contributed by atoms with E-state index in [1.165, 1.54) is 7.11 Å². The predicted octanol–water partition coefficient (Wildman–Crippen LogP) is 2.05. The average Bonchev–Trinajstić information content (AvgIpc) is 2.47. The first kappa shape index (κ1) is 14.2. The summed E-state index contributed by atoms with van der Waals surface area (Å²) < 4.78 is 4.84. The Kier molecular flexibility index (Phi) is 4.11. The van der Waals surface area contributed by atoms with Gasteiger partial charge >= 0.3 is 0 Å². The van der Waals surface area contributed by atoms with Crippen LogP contribution >= 0.6 is 11.6 Å². The molecule has 1 heterocycles. The van der Waals surface area contributed by atoms with Crippen molar-refractivity contribution in [3.8, 4) is 12.1 Å². The largest absolute Gasteiger partial charge is 0.364 e. The minimum atomic E-state index is -1.15. The highest BCUT2D eigenvalue weighted by atomic mass is 35.5. The molecule has 0 bridgehead atoms. The lowest BCUT2D eigenvalue weighted by atomic mass is 10.1. The van der Waals surface area contributed by atoms with Crippen LogP contribution in [0.1, 0.15) is 23.5 Å². The number of nitrogens with zero attached hydrogens (tertiary/aromatic N) is 4. The molecule has 1 atom stereocenters. The van der Waals surface area contributed by atoms with Crippen molar-refractivity contribution in [2.45, 2.75) is 12.2 Å². The van der Waals surface area contributed by atoms with E-state index in [0.29, 0.717) is 16.6 Å². The van der Waals surface area contributed by atoms with Gasteiger partial charge in [0, 0.05) is 12.7 Å². The van der Waals surface area contributed by atoms with E-state index < -0.39 is 12.2 Å². The maximum absolute atomic E-state index is 9.75. The number of aliphatic hydroxyl groups is 1. The van der Waals surface area contributed by atoms with Gasteiger partial charge in [-0.15, -0.1) is 0 Å². The highest BCUT2D eigenvalue weighted by molar-refractivity contribution is 6.30. The van der Waals surface area contributed by atoms with Gasteiger partial charge in [-0.1, -0.05) is 23.7 Å². The molecule has 1 unspecified atom stereocenters. The summed E-state index contributed by atoms with van der Waals surface area (Å²) in [6.07, 6.45) is -1.15. The molecule has 7 heteroatoms. The molecule has 100 valence electrons. The number of hydrogen-bond acceptors (Lipinski definition) is 6. The molecular weight excluding hydrogens is 280 g/mol. The Morgan fingerprint density at radius 1 is 1.30 bits per heavy atom. The van der Waals surface area contributed by atoms with Crippen molar-refractivity contribution in [1.82, 2.24) is 9.97 Å². The molecule has 0 fully saturated rings. The standard InChI is InChI=1S/C13H9ClN4O2/c1-20-13(19)8-3-2-4-9-11(8)18-12(14)10(17-9)7(5-15)6-16/h2-4,7,13,19H,1H3. The summed E-state index contributed by atoms with van der Waals surface area (Å²) >= 11 is 5.98. The molecule has 0 saturated heterocycles. The first-order chi connectivity index (χ1) is 9.62. The van der Waals surface area contributed by atoms with Crippen LogP contribution in [-0.4, -0.2) is 22.2 Å². The normalized spacial score (nSPS) is 12.1. The summed E-state index contributed by atoms with van der Waals surface area (Å²) in [7, 11) is 1.36. The van der Waals surface area contributed by atoms with Crippen LogP contribution in [0, 0.1) is 22.7 Å². The molecule has 0 spiro atoms. The third-order valence-corrected chi connectivity index (χ3v) is 3.01. The first-order valence-electron chi connectivity index (χ1n) is 5.58. The molecule has 2 rings (SSSR count). The maximum atomic E-state index is 9.75. The first-order valence-corrected chi connectivity index (χ1v) is 5.96. The number of hydrogen-bond donors (Lipinski definition) is 1. The van der Waals surface area contributed by atoms with Crippen molar-refractivity contribution in [3.63, 3.8) is 0 Å². The Balaban J connectivity index is 2.69. The van der Waals surface area contributed by atoms with Gasteiger partial charge in [-0.3, -0.25) is 0 Å². The summed E-state index contributed by atoms with van der Waals surface area (Å²) in [4.78, 5) is 8.31. The minimum absolute atomic E-state index is 0.0404. The summed E-state index contributed by atoms with van der Waals surface area (Å²) in [5, 5.41) is 27.5. The molecule has 2 aromatic rings. The third-order valence-electron chi connectivity index (χ3n) is 2.73. The van der Waals surface area contributed by atoms with Crippen LogP contribution in [0.2, 0.25) is 5.15 Å². The lowest BCUT2D eigenvalue weighted by molar-refractivity contribution is -0.0760. The van der Waals surface area contributed by atoms with Gasteiger partial charge in [0.25, 0.3) is 0 Å². The van der Waals surface area contributed by atoms with E-state index in [1.807, 2.05) is 0 Å². The van der Waals surface area contributed by atoms with Crippen LogP contribution in [0.5, 0.6) is 0 Å². The van der Waals surface area contributed by atoms with Gasteiger partial charge in [-0.25, -0.2) is 9.97 Å². The Hall–Kier alpha value is -2.25. The molecule has 0 saturated carbocycles. The number of rotatable bonds is 3. The highest BCUT2D eigenvalue weighted by Gasteiger charge is 2.20. The van der Waals surface area contributed by atoms with E-state index in [4.69, 9.17) is 26.9 Å². The lowest BCUT2D eigenvalue weighted by Crippen LogP contribution is -2.05. The fourth-order valence-electron chi connectivity index (χ4n) is 1.75. The number of halogens is 1.